The van der Waals surface area contributed by atoms with Gasteiger partial charge in [-0.05, 0) is 29.1 Å². The molecule has 0 spiro atoms. The molecule has 0 heterocycles. The molecular weight excluding hydrogens is 272 g/mol. The summed E-state index contributed by atoms with van der Waals surface area (Å²) in [5.74, 6) is -1.60. The van der Waals surface area contributed by atoms with Crippen LogP contribution in [0.25, 0.3) is 10.8 Å². The number of fused-ring (bicyclic) bond motifs is 1. The van der Waals surface area contributed by atoms with Gasteiger partial charge >= 0.3 is 0 Å². The Kier molecular flexibility index (Phi) is 3.54. The van der Waals surface area contributed by atoms with Crippen molar-refractivity contribution >= 4 is 10.8 Å². The van der Waals surface area contributed by atoms with Gasteiger partial charge in [-0.15, -0.1) is 0 Å². The molecule has 21 heavy (non-hydrogen) atoms. The van der Waals surface area contributed by atoms with Gasteiger partial charge in [0.1, 0.15) is 5.75 Å². The van der Waals surface area contributed by atoms with E-state index in [0.717, 1.165) is 22.4 Å². The molecule has 0 aliphatic carbocycles. The lowest BCUT2D eigenvalue weighted by Gasteiger charge is -2.12. The molecule has 0 bridgehead atoms. The highest BCUT2D eigenvalue weighted by molar-refractivity contribution is 5.91. The van der Waals surface area contributed by atoms with Crippen LogP contribution in [0.5, 0.6) is 11.5 Å². The highest BCUT2D eigenvalue weighted by Crippen LogP contribution is 2.33. The highest BCUT2D eigenvalue weighted by Gasteiger charge is 2.12. The first-order valence-corrected chi connectivity index (χ1v) is 6.53. The summed E-state index contributed by atoms with van der Waals surface area (Å²) in [5.41, 5.74) is 6.68. The molecule has 0 aliphatic rings. The summed E-state index contributed by atoms with van der Waals surface area (Å²) < 4.78 is 32.5. The number of benzene rings is 3. The van der Waals surface area contributed by atoms with Gasteiger partial charge in [-0.2, -0.15) is 4.39 Å². The molecule has 2 nitrogen and oxygen atoms in total. The van der Waals surface area contributed by atoms with Crippen molar-refractivity contribution < 1.29 is 13.5 Å². The van der Waals surface area contributed by atoms with Crippen molar-refractivity contribution in [1.82, 2.24) is 0 Å². The molecule has 106 valence electrons. The molecule has 0 unspecified atom stereocenters. The molecule has 4 heteroatoms. The van der Waals surface area contributed by atoms with Crippen molar-refractivity contribution in [1.29, 1.82) is 0 Å². The van der Waals surface area contributed by atoms with Gasteiger partial charge in [0.2, 0.25) is 5.82 Å². The minimum Gasteiger partial charge on any atom is -0.454 e. The van der Waals surface area contributed by atoms with Gasteiger partial charge in [0.25, 0.3) is 0 Å². The quantitative estimate of drug-likeness (QED) is 0.775. The van der Waals surface area contributed by atoms with Gasteiger partial charge in [-0.1, -0.05) is 36.4 Å². The summed E-state index contributed by atoms with van der Waals surface area (Å²) in [6, 6.07) is 14.9. The van der Waals surface area contributed by atoms with Crippen LogP contribution in [-0.4, -0.2) is 0 Å². The normalized spacial score (nSPS) is 10.8. The van der Waals surface area contributed by atoms with Crippen molar-refractivity contribution in [3.8, 4) is 11.5 Å². The third-order valence-electron chi connectivity index (χ3n) is 3.33. The summed E-state index contributed by atoms with van der Waals surface area (Å²) in [6.45, 7) is 0.398. The molecule has 0 radical (unpaired) electrons. The van der Waals surface area contributed by atoms with Crippen LogP contribution in [0.4, 0.5) is 8.78 Å². The number of nitrogens with two attached hydrogens (primary N) is 1. The summed E-state index contributed by atoms with van der Waals surface area (Å²) >= 11 is 0. The standard InChI is InChI=1S/C17H13F2NO/c18-14-6-3-7-16(17(14)19)21-15-9-8-11(10-20)12-4-1-2-5-13(12)15/h1-9H,10,20H2. The maximum atomic E-state index is 13.7. The van der Waals surface area contributed by atoms with Crippen LogP contribution < -0.4 is 10.5 Å². The van der Waals surface area contributed by atoms with Crippen molar-refractivity contribution in [3.05, 3.63) is 71.8 Å². The van der Waals surface area contributed by atoms with E-state index in [2.05, 4.69) is 0 Å². The highest BCUT2D eigenvalue weighted by atomic mass is 19.2. The Labute approximate surface area is 120 Å². The van der Waals surface area contributed by atoms with E-state index in [4.69, 9.17) is 10.5 Å². The fraction of sp³-hybridized carbons (Fsp3) is 0.0588. The topological polar surface area (TPSA) is 35.2 Å². The van der Waals surface area contributed by atoms with E-state index in [1.807, 2.05) is 30.3 Å². The molecule has 3 aromatic carbocycles. The second-order valence-electron chi connectivity index (χ2n) is 4.63. The second-order valence-corrected chi connectivity index (χ2v) is 4.63. The van der Waals surface area contributed by atoms with E-state index >= 15 is 0 Å². The lowest BCUT2D eigenvalue weighted by molar-refractivity contribution is 0.419. The Hall–Kier alpha value is -2.46. The molecule has 3 aromatic rings. The van der Waals surface area contributed by atoms with Crippen LogP contribution in [0.2, 0.25) is 0 Å². The zero-order valence-electron chi connectivity index (χ0n) is 11.1. The lowest BCUT2D eigenvalue weighted by atomic mass is 10.0. The van der Waals surface area contributed by atoms with E-state index in [-0.39, 0.29) is 5.75 Å². The molecule has 0 atom stereocenters. The maximum absolute atomic E-state index is 13.7. The Morgan fingerprint density at radius 3 is 2.33 bits per heavy atom. The minimum absolute atomic E-state index is 0.138. The average molecular weight is 285 g/mol. The zero-order chi connectivity index (χ0) is 14.8. The first-order chi connectivity index (χ1) is 10.2. The molecule has 2 N–H and O–H groups in total. The summed E-state index contributed by atoms with van der Waals surface area (Å²) in [4.78, 5) is 0. The zero-order valence-corrected chi connectivity index (χ0v) is 11.1. The van der Waals surface area contributed by atoms with Crippen LogP contribution in [0, 0.1) is 11.6 Å². The number of ether oxygens (including phenoxy) is 1. The fourth-order valence-electron chi connectivity index (χ4n) is 2.28. The van der Waals surface area contributed by atoms with Gasteiger partial charge in [0, 0.05) is 11.9 Å². The molecule has 0 saturated heterocycles. The second kappa shape index (κ2) is 5.50. The van der Waals surface area contributed by atoms with Crippen LogP contribution in [0.3, 0.4) is 0 Å². The SMILES string of the molecule is NCc1ccc(Oc2cccc(F)c2F)c2ccccc12. The van der Waals surface area contributed by atoms with Gasteiger partial charge in [-0.25, -0.2) is 4.39 Å². The minimum atomic E-state index is -0.996. The van der Waals surface area contributed by atoms with E-state index in [0.29, 0.717) is 12.3 Å². The monoisotopic (exact) mass is 285 g/mol. The average Bonchev–Trinajstić information content (AvgIpc) is 2.52. The summed E-state index contributed by atoms with van der Waals surface area (Å²) in [5, 5.41) is 1.75. The summed E-state index contributed by atoms with van der Waals surface area (Å²) in [6.07, 6.45) is 0. The summed E-state index contributed by atoms with van der Waals surface area (Å²) in [7, 11) is 0. The molecular formula is C17H13F2NO. The Morgan fingerprint density at radius 1 is 0.810 bits per heavy atom. The maximum Gasteiger partial charge on any atom is 0.201 e. The Balaban J connectivity index is 2.11. The first-order valence-electron chi connectivity index (χ1n) is 6.53. The number of halogens is 2. The molecule has 0 amide bonds. The van der Waals surface area contributed by atoms with Gasteiger partial charge < -0.3 is 10.5 Å². The molecule has 0 aromatic heterocycles. The van der Waals surface area contributed by atoms with E-state index in [9.17, 15) is 8.78 Å². The molecule has 0 saturated carbocycles. The van der Waals surface area contributed by atoms with Gasteiger partial charge in [-0.3, -0.25) is 0 Å². The van der Waals surface area contributed by atoms with Gasteiger partial charge in [0.15, 0.2) is 11.6 Å². The third kappa shape index (κ3) is 2.45. The predicted octanol–water partition coefficient (Wildman–Crippen LogP) is 4.37. The Morgan fingerprint density at radius 2 is 1.57 bits per heavy atom. The van der Waals surface area contributed by atoms with Crippen molar-refractivity contribution in [2.75, 3.05) is 0 Å². The lowest BCUT2D eigenvalue weighted by Crippen LogP contribution is -1.98. The van der Waals surface area contributed by atoms with Crippen LogP contribution >= 0.6 is 0 Å². The first kappa shape index (κ1) is 13.5. The molecule has 3 rings (SSSR count). The molecule has 0 aliphatic heterocycles. The van der Waals surface area contributed by atoms with Crippen LogP contribution in [0.1, 0.15) is 5.56 Å². The smallest absolute Gasteiger partial charge is 0.201 e. The fourth-order valence-corrected chi connectivity index (χ4v) is 2.28. The third-order valence-corrected chi connectivity index (χ3v) is 3.33. The van der Waals surface area contributed by atoms with Crippen molar-refractivity contribution in [2.45, 2.75) is 6.54 Å². The number of hydrogen-bond donors (Lipinski definition) is 1. The van der Waals surface area contributed by atoms with Crippen LogP contribution in [0.15, 0.2) is 54.6 Å². The largest absolute Gasteiger partial charge is 0.454 e. The predicted molar refractivity (Wildman–Crippen MR) is 78.3 cm³/mol. The van der Waals surface area contributed by atoms with Gasteiger partial charge in [0.05, 0.1) is 0 Å². The van der Waals surface area contributed by atoms with Crippen molar-refractivity contribution in [3.63, 3.8) is 0 Å². The van der Waals surface area contributed by atoms with E-state index < -0.39 is 11.6 Å². The molecule has 0 fully saturated rings. The van der Waals surface area contributed by atoms with E-state index in [1.165, 1.54) is 12.1 Å². The Bertz CT molecular complexity index is 802. The van der Waals surface area contributed by atoms with Crippen molar-refractivity contribution in [2.24, 2.45) is 5.73 Å². The van der Waals surface area contributed by atoms with Crippen LogP contribution in [-0.2, 0) is 6.54 Å². The van der Waals surface area contributed by atoms with E-state index in [1.54, 1.807) is 6.07 Å². The number of hydrogen-bond acceptors (Lipinski definition) is 2. The number of rotatable bonds is 3.